The van der Waals surface area contributed by atoms with Gasteiger partial charge in [-0.15, -0.1) is 5.06 Å². The van der Waals surface area contributed by atoms with Crippen molar-refractivity contribution in [3.8, 4) is 22.5 Å². The summed E-state index contributed by atoms with van der Waals surface area (Å²) in [5.74, 6) is -4.74. The number of hydroxylamine groups is 2. The van der Waals surface area contributed by atoms with Gasteiger partial charge in [0.25, 0.3) is 17.7 Å². The summed E-state index contributed by atoms with van der Waals surface area (Å²) < 4.78 is 54.0. The predicted octanol–water partition coefficient (Wildman–Crippen LogP) is 6.32. The molecule has 26 heteroatoms. The van der Waals surface area contributed by atoms with Crippen molar-refractivity contribution >= 4 is 87.3 Å². The highest BCUT2D eigenvalue weighted by Crippen LogP contribution is 2.42. The Bertz CT molecular complexity index is 3330. The van der Waals surface area contributed by atoms with E-state index in [2.05, 4.69) is 84.2 Å². The SMILES string of the molecule is CCCC(=O)CC(CCP(=O)(O)O)C(=O)NCCCCC(=O)ON1C(=O)CCC1=O.CCCCC(=O)C(CS(=O)(=O)[O-])NC(=O)CCCCC(=O)N1CCN(C(=O)c2ccccc2-c2c3ccc(=[N+](CC)CC)cc-3oc3cc(N(CC)CC)ccc23)CC1. The number of benzene rings is 3. The van der Waals surface area contributed by atoms with Crippen molar-refractivity contribution < 1.29 is 79.7 Å². The molecule has 2 atom stereocenters. The largest absolute Gasteiger partial charge is 0.748 e. The van der Waals surface area contributed by atoms with E-state index in [4.69, 9.17) is 19.0 Å². The van der Waals surface area contributed by atoms with Gasteiger partial charge in [-0.05, 0) is 102 Å². The van der Waals surface area contributed by atoms with E-state index in [1.165, 1.54) is 0 Å². The molecule has 2 aromatic carbocycles. The summed E-state index contributed by atoms with van der Waals surface area (Å²) in [6.07, 6.45) is 3.21. The molecule has 2 fully saturated rings. The molecule has 4 aliphatic rings. The van der Waals surface area contributed by atoms with E-state index in [0.29, 0.717) is 88.2 Å². The zero-order chi connectivity index (χ0) is 65.4. The summed E-state index contributed by atoms with van der Waals surface area (Å²) in [4.78, 5) is 140. The maximum absolute atomic E-state index is 14.4. The fourth-order valence-corrected chi connectivity index (χ4v) is 12.1. The van der Waals surface area contributed by atoms with E-state index in [1.807, 2.05) is 38.1 Å². The average Bonchev–Trinajstić information content (AvgIpc) is 1.82. The maximum Gasteiger partial charge on any atom is 0.333 e. The Labute approximate surface area is 521 Å². The fraction of sp³-hybridized carbons (Fsp3) is 0.556. The molecule has 3 heterocycles. The Hall–Kier alpha value is -7.18. The molecule has 3 aliphatic heterocycles. The topological polar surface area (TPSA) is 331 Å². The van der Waals surface area contributed by atoms with Crippen LogP contribution >= 0.6 is 7.60 Å². The Morgan fingerprint density at radius 2 is 1.42 bits per heavy atom. The van der Waals surface area contributed by atoms with Gasteiger partial charge in [0.2, 0.25) is 23.1 Å². The number of unbranched alkanes of at least 4 members (excludes halogenated alkanes) is 3. The van der Waals surface area contributed by atoms with Crippen LogP contribution in [0.2, 0.25) is 0 Å². The van der Waals surface area contributed by atoms with Gasteiger partial charge in [-0.25, -0.2) is 17.8 Å². The van der Waals surface area contributed by atoms with Gasteiger partial charge in [0.05, 0.1) is 28.1 Å². The lowest BCUT2D eigenvalue weighted by molar-refractivity contribution is -0.197. The predicted molar refractivity (Wildman–Crippen MR) is 334 cm³/mol. The second kappa shape index (κ2) is 35.3. The first-order valence-corrected chi connectivity index (χ1v) is 34.4. The zero-order valence-corrected chi connectivity index (χ0v) is 53.8. The number of nitrogens with one attached hydrogen (secondary N) is 2. The number of hydrogen-bond donors (Lipinski definition) is 4. The Kier molecular flexibility index (Phi) is 28.8. The number of amides is 6. The van der Waals surface area contributed by atoms with Gasteiger partial charge >= 0.3 is 13.6 Å². The van der Waals surface area contributed by atoms with Crippen LogP contribution < -0.4 is 25.5 Å². The molecule has 2 unspecified atom stereocenters. The number of anilines is 1. The van der Waals surface area contributed by atoms with Crippen LogP contribution in [0, 0.1) is 5.92 Å². The van der Waals surface area contributed by atoms with Crippen LogP contribution in [-0.2, 0) is 57.9 Å². The highest BCUT2D eigenvalue weighted by molar-refractivity contribution is 7.85. The highest BCUT2D eigenvalue weighted by Gasteiger charge is 2.34. The number of nitrogens with zero attached hydrogens (tertiary/aromatic N) is 5. The molecule has 2 saturated heterocycles. The number of fused-ring (bicyclic) bond motifs is 2. The fourth-order valence-electron chi connectivity index (χ4n) is 10.7. The number of piperazine rings is 1. The molecule has 0 saturated carbocycles. The minimum atomic E-state index is -4.72. The summed E-state index contributed by atoms with van der Waals surface area (Å²) in [6.45, 7) is 17.3. The summed E-state index contributed by atoms with van der Waals surface area (Å²) in [5, 5.41) is 7.47. The Balaban J connectivity index is 0.000000404. The molecule has 0 aromatic heterocycles. The van der Waals surface area contributed by atoms with Crippen molar-refractivity contribution in [2.24, 2.45) is 5.92 Å². The van der Waals surface area contributed by atoms with E-state index < -0.39 is 77.0 Å². The lowest BCUT2D eigenvalue weighted by atomic mass is 9.90. The lowest BCUT2D eigenvalue weighted by Crippen LogP contribution is -2.50. The number of Topliss-reactive ketones (excluding diaryl/α,β-unsaturated/α-hetero) is 2. The summed E-state index contributed by atoms with van der Waals surface area (Å²) >= 11 is 0. The second-order valence-corrected chi connectivity index (χ2v) is 25.4. The molecule has 0 bridgehead atoms. The molecule has 0 spiro atoms. The first-order valence-electron chi connectivity index (χ1n) is 31.0. The monoisotopic (exact) mass is 1280 g/mol. The molecule has 488 valence electrons. The molecule has 0 radical (unpaired) electrons. The van der Waals surface area contributed by atoms with Crippen LogP contribution in [0.1, 0.15) is 155 Å². The van der Waals surface area contributed by atoms with Gasteiger partial charge in [-0.3, -0.25) is 42.9 Å². The third-order valence-electron chi connectivity index (χ3n) is 15.7. The second-order valence-electron chi connectivity index (χ2n) is 22.2. The summed E-state index contributed by atoms with van der Waals surface area (Å²) in [7, 11) is -9.00. The number of carbonyl (C=O) groups is 9. The Morgan fingerprint density at radius 1 is 0.764 bits per heavy atom. The minimum Gasteiger partial charge on any atom is -0.748 e. The highest BCUT2D eigenvalue weighted by atomic mass is 32.2. The normalized spacial score (nSPS) is 14.2. The molecule has 1 aliphatic carbocycles. The van der Waals surface area contributed by atoms with E-state index in [1.54, 1.807) is 9.80 Å². The van der Waals surface area contributed by atoms with Crippen molar-refractivity contribution in [1.82, 2.24) is 30.1 Å². The molecule has 2 aromatic rings. The van der Waals surface area contributed by atoms with Crippen molar-refractivity contribution in [3.63, 3.8) is 0 Å². The third kappa shape index (κ3) is 22.4. The van der Waals surface area contributed by atoms with Gasteiger partial charge in [0.1, 0.15) is 36.3 Å². The third-order valence-corrected chi connectivity index (χ3v) is 17.2. The van der Waals surface area contributed by atoms with Crippen LogP contribution in [-0.4, -0.2) is 167 Å². The molecule has 6 rings (SSSR count). The number of ketones is 2. The van der Waals surface area contributed by atoms with Crippen molar-refractivity contribution in [2.75, 3.05) is 75.7 Å². The van der Waals surface area contributed by atoms with Gasteiger partial charge < -0.3 is 48.9 Å². The quantitative estimate of drug-likeness (QED) is 0.0101. The molecular weight excluding hydrogens is 1190 g/mol. The van der Waals surface area contributed by atoms with Crippen molar-refractivity contribution in [3.05, 3.63) is 71.6 Å². The van der Waals surface area contributed by atoms with Crippen LogP contribution in [0.4, 0.5) is 5.69 Å². The van der Waals surface area contributed by atoms with Gasteiger partial charge in [-0.2, -0.15) is 0 Å². The van der Waals surface area contributed by atoms with E-state index in [9.17, 15) is 60.7 Å². The summed E-state index contributed by atoms with van der Waals surface area (Å²) in [6, 6.07) is 18.9. The average molecular weight is 1280 g/mol. The molecule has 4 N–H and O–H groups in total. The van der Waals surface area contributed by atoms with Gasteiger partial charge in [0, 0.05) is 143 Å². The standard InChI is InChI=1S/C45H59N5O8S.C18H29N2O9P/c1-6-11-18-39(51)38(31-59(55,56)57)46-42(52)19-14-15-20-43(53)49-25-27-50(28-26-49)45(54)35-17-13-12-16-34(35)44-36-23-21-32(47(7-2)8-3)29-40(36)58-41-30-33(22-24-37(41)44)48(9-4)10-5;1-2-5-14(21)12-13(9-11-30(26,27)28)18(25)19-10-4-3-6-17(24)29-20-15(22)7-8-16(20)23/h12-13,16-17,21-24,29-30,38H,6-11,14-15,18-20,25-28,31H2,1-5H3,(H-,46,52,55,56,57);13H,2-12H2,1H3,(H,19,25)(H2,26,27,28). The molecule has 6 amide bonds. The number of carbonyl (C=O) groups excluding carboxylic acids is 9. The van der Waals surface area contributed by atoms with Crippen LogP contribution in [0.3, 0.4) is 0 Å². The van der Waals surface area contributed by atoms with Crippen molar-refractivity contribution in [1.29, 1.82) is 0 Å². The van der Waals surface area contributed by atoms with Gasteiger partial charge in [0.15, 0.2) is 5.78 Å². The van der Waals surface area contributed by atoms with E-state index >= 15 is 0 Å². The van der Waals surface area contributed by atoms with E-state index in [0.717, 1.165) is 70.6 Å². The first-order chi connectivity index (χ1) is 42.3. The minimum absolute atomic E-state index is 0.0142. The van der Waals surface area contributed by atoms with Gasteiger partial charge in [-0.1, -0.05) is 38.5 Å². The smallest absolute Gasteiger partial charge is 0.333 e. The molecular formula is C63H88N7O17PS. The van der Waals surface area contributed by atoms with E-state index in [-0.39, 0.29) is 75.5 Å². The Morgan fingerprint density at radius 3 is 2.04 bits per heavy atom. The number of rotatable bonds is 33. The van der Waals surface area contributed by atoms with Crippen molar-refractivity contribution in [2.45, 2.75) is 150 Å². The zero-order valence-electron chi connectivity index (χ0n) is 52.1. The number of imide groups is 1. The van der Waals surface area contributed by atoms with Crippen LogP contribution in [0.15, 0.2) is 65.1 Å². The molecule has 89 heavy (non-hydrogen) atoms. The maximum atomic E-state index is 14.4. The molecule has 24 nitrogen and oxygen atoms in total. The first kappa shape index (κ1) is 72.6. The summed E-state index contributed by atoms with van der Waals surface area (Å²) in [5.41, 5.74) is 5.02. The van der Waals surface area contributed by atoms with Crippen LogP contribution in [0.25, 0.3) is 33.4 Å². The lowest BCUT2D eigenvalue weighted by Gasteiger charge is -2.35. The number of hydrogen-bond acceptors (Lipinski definition) is 16. The van der Waals surface area contributed by atoms with Crippen LogP contribution in [0.5, 0.6) is 0 Å².